The fraction of sp³-hybridized carbons (Fsp3) is 0.611. The SMILES string of the molecule is N#CCOc1cccc(NC2CCC3CCCCC3C2)c1. The Morgan fingerprint density at radius 3 is 2.86 bits per heavy atom. The van der Waals surface area contributed by atoms with Crippen LogP contribution in [0.1, 0.15) is 44.9 Å². The average molecular weight is 284 g/mol. The van der Waals surface area contributed by atoms with Crippen LogP contribution in [0.4, 0.5) is 5.69 Å². The summed E-state index contributed by atoms with van der Waals surface area (Å²) in [6, 6.07) is 10.6. The number of hydrogen-bond acceptors (Lipinski definition) is 3. The lowest BCUT2D eigenvalue weighted by molar-refractivity contribution is 0.162. The fourth-order valence-corrected chi connectivity index (χ4v) is 4.03. The van der Waals surface area contributed by atoms with Crippen molar-refractivity contribution >= 4 is 5.69 Å². The number of nitrogens with zero attached hydrogens (tertiary/aromatic N) is 1. The van der Waals surface area contributed by atoms with Crippen LogP contribution in [0.5, 0.6) is 5.75 Å². The number of nitrogens with one attached hydrogen (secondary N) is 1. The maximum Gasteiger partial charge on any atom is 0.174 e. The van der Waals surface area contributed by atoms with Gasteiger partial charge in [-0.25, -0.2) is 0 Å². The van der Waals surface area contributed by atoms with Gasteiger partial charge in [-0.3, -0.25) is 0 Å². The number of benzene rings is 1. The molecule has 2 aliphatic rings. The van der Waals surface area contributed by atoms with E-state index < -0.39 is 0 Å². The molecular weight excluding hydrogens is 260 g/mol. The van der Waals surface area contributed by atoms with Gasteiger partial charge in [0.1, 0.15) is 11.8 Å². The van der Waals surface area contributed by atoms with E-state index in [0.717, 1.165) is 23.3 Å². The number of hydrogen-bond donors (Lipinski definition) is 1. The summed E-state index contributed by atoms with van der Waals surface area (Å²) < 4.78 is 5.37. The highest BCUT2D eigenvalue weighted by molar-refractivity contribution is 5.49. The predicted molar refractivity (Wildman–Crippen MR) is 84.3 cm³/mol. The molecule has 0 saturated heterocycles. The number of nitriles is 1. The summed E-state index contributed by atoms with van der Waals surface area (Å²) in [6.07, 6.45) is 9.72. The van der Waals surface area contributed by atoms with E-state index in [1.54, 1.807) is 0 Å². The van der Waals surface area contributed by atoms with Crippen LogP contribution in [0.2, 0.25) is 0 Å². The predicted octanol–water partition coefficient (Wildman–Crippen LogP) is 4.36. The zero-order valence-electron chi connectivity index (χ0n) is 12.6. The van der Waals surface area contributed by atoms with Gasteiger partial charge in [-0.05, 0) is 43.2 Å². The number of fused-ring (bicyclic) bond motifs is 1. The fourth-order valence-electron chi connectivity index (χ4n) is 4.03. The molecule has 0 aliphatic heterocycles. The number of ether oxygens (including phenoxy) is 1. The summed E-state index contributed by atoms with van der Waals surface area (Å²) in [7, 11) is 0. The molecule has 1 aromatic rings. The van der Waals surface area contributed by atoms with Gasteiger partial charge in [0.05, 0.1) is 0 Å². The third-order valence-electron chi connectivity index (χ3n) is 5.05. The lowest BCUT2D eigenvalue weighted by Crippen LogP contribution is -2.34. The standard InChI is InChI=1S/C18H24N2O/c19-10-11-21-18-7-3-6-16(13-18)20-17-9-8-14-4-1-2-5-15(14)12-17/h3,6-7,13-15,17,20H,1-2,4-5,8-9,11-12H2. The average Bonchev–Trinajstić information content (AvgIpc) is 2.53. The molecule has 1 aromatic carbocycles. The largest absolute Gasteiger partial charge is 0.479 e. The topological polar surface area (TPSA) is 45.0 Å². The van der Waals surface area contributed by atoms with Gasteiger partial charge >= 0.3 is 0 Å². The van der Waals surface area contributed by atoms with Crippen molar-refractivity contribution in [3.8, 4) is 11.8 Å². The van der Waals surface area contributed by atoms with Crippen molar-refractivity contribution in [1.82, 2.24) is 0 Å². The maximum absolute atomic E-state index is 8.58. The van der Waals surface area contributed by atoms with E-state index in [-0.39, 0.29) is 6.61 Å². The summed E-state index contributed by atoms with van der Waals surface area (Å²) in [5.41, 5.74) is 1.12. The molecule has 2 saturated carbocycles. The Bertz CT molecular complexity index is 508. The van der Waals surface area contributed by atoms with E-state index >= 15 is 0 Å². The Morgan fingerprint density at radius 1 is 1.14 bits per heavy atom. The molecule has 112 valence electrons. The first-order valence-electron chi connectivity index (χ1n) is 8.21. The Hall–Kier alpha value is -1.69. The summed E-state index contributed by atoms with van der Waals surface area (Å²) in [5.74, 6) is 2.69. The molecule has 3 heteroatoms. The molecule has 0 aromatic heterocycles. The Morgan fingerprint density at radius 2 is 2.00 bits per heavy atom. The molecule has 3 atom stereocenters. The van der Waals surface area contributed by atoms with E-state index in [4.69, 9.17) is 10.00 Å². The van der Waals surface area contributed by atoms with Crippen LogP contribution < -0.4 is 10.1 Å². The molecule has 0 spiro atoms. The summed E-state index contributed by atoms with van der Waals surface area (Å²) in [6.45, 7) is 0.108. The molecular formula is C18H24N2O. The monoisotopic (exact) mass is 284 g/mol. The van der Waals surface area contributed by atoms with Crippen LogP contribution in [-0.4, -0.2) is 12.6 Å². The van der Waals surface area contributed by atoms with Gasteiger partial charge in [0.15, 0.2) is 6.61 Å². The third-order valence-corrected chi connectivity index (χ3v) is 5.05. The first kappa shape index (κ1) is 14.3. The van der Waals surface area contributed by atoms with Gasteiger partial charge < -0.3 is 10.1 Å². The molecule has 3 rings (SSSR count). The van der Waals surface area contributed by atoms with Crippen molar-refractivity contribution in [2.45, 2.75) is 51.0 Å². The van der Waals surface area contributed by atoms with Crippen LogP contribution in [0.15, 0.2) is 24.3 Å². The summed E-state index contributed by atoms with van der Waals surface area (Å²) in [4.78, 5) is 0. The van der Waals surface area contributed by atoms with Crippen LogP contribution >= 0.6 is 0 Å². The smallest absolute Gasteiger partial charge is 0.174 e. The minimum Gasteiger partial charge on any atom is -0.479 e. The molecule has 3 nitrogen and oxygen atoms in total. The van der Waals surface area contributed by atoms with Crippen molar-refractivity contribution in [2.75, 3.05) is 11.9 Å². The highest BCUT2D eigenvalue weighted by Gasteiger charge is 2.31. The molecule has 1 N–H and O–H groups in total. The molecule has 2 fully saturated rings. The second-order valence-electron chi connectivity index (χ2n) is 6.43. The third kappa shape index (κ3) is 3.69. The lowest BCUT2D eigenvalue weighted by Gasteiger charge is -2.39. The number of rotatable bonds is 4. The molecule has 2 aliphatic carbocycles. The van der Waals surface area contributed by atoms with E-state index in [0.29, 0.717) is 6.04 Å². The Balaban J connectivity index is 1.57. The van der Waals surface area contributed by atoms with E-state index in [1.165, 1.54) is 44.9 Å². The Labute approximate surface area is 127 Å². The van der Waals surface area contributed by atoms with Crippen LogP contribution in [-0.2, 0) is 0 Å². The van der Waals surface area contributed by atoms with Gasteiger partial charge in [-0.1, -0.05) is 31.7 Å². The van der Waals surface area contributed by atoms with Gasteiger partial charge in [-0.2, -0.15) is 5.26 Å². The summed E-state index contributed by atoms with van der Waals surface area (Å²) >= 11 is 0. The molecule has 0 radical (unpaired) electrons. The van der Waals surface area contributed by atoms with Crippen LogP contribution in [0.3, 0.4) is 0 Å². The minimum absolute atomic E-state index is 0.108. The second-order valence-corrected chi connectivity index (χ2v) is 6.43. The van der Waals surface area contributed by atoms with Crippen molar-refractivity contribution < 1.29 is 4.74 Å². The van der Waals surface area contributed by atoms with Crippen LogP contribution in [0.25, 0.3) is 0 Å². The van der Waals surface area contributed by atoms with Crippen molar-refractivity contribution in [3.05, 3.63) is 24.3 Å². The van der Waals surface area contributed by atoms with Crippen molar-refractivity contribution in [3.63, 3.8) is 0 Å². The Kier molecular flexibility index (Phi) is 4.65. The maximum atomic E-state index is 8.58. The molecule has 3 unspecified atom stereocenters. The normalized spacial score (nSPS) is 28.2. The second kappa shape index (κ2) is 6.85. The first-order chi connectivity index (χ1) is 10.3. The van der Waals surface area contributed by atoms with Crippen LogP contribution in [0, 0.1) is 23.2 Å². The van der Waals surface area contributed by atoms with E-state index in [2.05, 4.69) is 11.4 Å². The van der Waals surface area contributed by atoms with Gasteiger partial charge in [0, 0.05) is 17.8 Å². The quantitative estimate of drug-likeness (QED) is 0.893. The van der Waals surface area contributed by atoms with Crippen molar-refractivity contribution in [1.29, 1.82) is 5.26 Å². The van der Waals surface area contributed by atoms with E-state index in [1.807, 2.05) is 24.3 Å². The highest BCUT2D eigenvalue weighted by atomic mass is 16.5. The molecule has 0 heterocycles. The van der Waals surface area contributed by atoms with Gasteiger partial charge in [0.25, 0.3) is 0 Å². The first-order valence-corrected chi connectivity index (χ1v) is 8.21. The van der Waals surface area contributed by atoms with Crippen molar-refractivity contribution in [2.24, 2.45) is 11.8 Å². The molecule has 21 heavy (non-hydrogen) atoms. The van der Waals surface area contributed by atoms with E-state index in [9.17, 15) is 0 Å². The molecule has 0 amide bonds. The van der Waals surface area contributed by atoms with Gasteiger partial charge in [0.2, 0.25) is 0 Å². The van der Waals surface area contributed by atoms with Gasteiger partial charge in [-0.15, -0.1) is 0 Å². The summed E-state index contributed by atoms with van der Waals surface area (Å²) in [5, 5.41) is 12.2. The highest BCUT2D eigenvalue weighted by Crippen LogP contribution is 2.41. The minimum atomic E-state index is 0.108. The lowest BCUT2D eigenvalue weighted by atomic mass is 9.69. The zero-order valence-corrected chi connectivity index (χ0v) is 12.6. The molecule has 0 bridgehead atoms. The zero-order chi connectivity index (χ0) is 14.5. The number of anilines is 1.